The maximum atomic E-state index is 12.8. The second-order valence-electron chi connectivity index (χ2n) is 2.79. The first-order valence-electron chi connectivity index (χ1n) is 4.10. The van der Waals surface area contributed by atoms with Gasteiger partial charge in [-0.3, -0.25) is 11.3 Å². The van der Waals surface area contributed by atoms with Gasteiger partial charge in [0.05, 0.1) is 0 Å². The van der Waals surface area contributed by atoms with E-state index in [0.717, 1.165) is 15.6 Å². The monoisotopic (exact) mass is 294 g/mol. The van der Waals surface area contributed by atoms with E-state index in [2.05, 4.69) is 28.0 Å². The third-order valence-electron chi connectivity index (χ3n) is 1.95. The second-order valence-corrected chi connectivity index (χ2v) is 3.96. The molecule has 1 aromatic carbocycles. The van der Waals surface area contributed by atoms with Crippen molar-refractivity contribution < 1.29 is 4.39 Å². The lowest BCUT2D eigenvalue weighted by atomic mass is 10.1. The van der Waals surface area contributed by atoms with Crippen LogP contribution in [0.1, 0.15) is 24.9 Å². The number of hydrazine groups is 1. The highest BCUT2D eigenvalue weighted by atomic mass is 127. The van der Waals surface area contributed by atoms with Gasteiger partial charge in [0.25, 0.3) is 0 Å². The first-order chi connectivity index (χ1) is 6.19. The normalized spacial score (nSPS) is 12.9. The molecule has 0 aromatic heterocycles. The molecule has 3 N–H and O–H groups in total. The lowest BCUT2D eigenvalue weighted by Gasteiger charge is -2.15. The maximum absolute atomic E-state index is 12.8. The molecule has 0 bridgehead atoms. The zero-order chi connectivity index (χ0) is 9.84. The Kier molecular flexibility index (Phi) is 4.08. The van der Waals surface area contributed by atoms with Crippen LogP contribution in [-0.4, -0.2) is 0 Å². The zero-order valence-corrected chi connectivity index (χ0v) is 9.51. The summed E-state index contributed by atoms with van der Waals surface area (Å²) in [7, 11) is 0. The van der Waals surface area contributed by atoms with Gasteiger partial charge >= 0.3 is 0 Å². The number of benzene rings is 1. The predicted molar refractivity (Wildman–Crippen MR) is 59.5 cm³/mol. The number of hydrogen-bond donors (Lipinski definition) is 2. The van der Waals surface area contributed by atoms with Crippen molar-refractivity contribution in [3.8, 4) is 0 Å². The Balaban J connectivity index is 2.99. The van der Waals surface area contributed by atoms with Crippen LogP contribution in [0.2, 0.25) is 0 Å². The van der Waals surface area contributed by atoms with Gasteiger partial charge in [-0.15, -0.1) is 0 Å². The van der Waals surface area contributed by atoms with Crippen molar-refractivity contribution in [3.05, 3.63) is 33.1 Å². The van der Waals surface area contributed by atoms with Crippen molar-refractivity contribution in [2.24, 2.45) is 5.84 Å². The molecule has 0 aliphatic carbocycles. The van der Waals surface area contributed by atoms with Crippen LogP contribution in [0, 0.1) is 9.39 Å². The summed E-state index contributed by atoms with van der Waals surface area (Å²) in [5.41, 5.74) is 3.75. The number of halogens is 2. The van der Waals surface area contributed by atoms with E-state index in [1.807, 2.05) is 6.92 Å². The molecular weight excluding hydrogens is 282 g/mol. The Labute approximate surface area is 90.8 Å². The van der Waals surface area contributed by atoms with Gasteiger partial charge in [0.2, 0.25) is 0 Å². The molecule has 0 amide bonds. The van der Waals surface area contributed by atoms with E-state index in [-0.39, 0.29) is 11.9 Å². The van der Waals surface area contributed by atoms with Crippen molar-refractivity contribution >= 4 is 22.6 Å². The van der Waals surface area contributed by atoms with Gasteiger partial charge < -0.3 is 0 Å². The molecule has 72 valence electrons. The standard InChI is InChI=1S/C9H12FIN2/c1-2-9(13-12)7-4-3-6(10)5-8(7)11/h3-5,9,13H,2,12H2,1H3. The molecule has 1 unspecified atom stereocenters. The Bertz CT molecular complexity index is 287. The average Bonchev–Trinajstić information content (AvgIpc) is 2.10. The number of rotatable bonds is 3. The van der Waals surface area contributed by atoms with Crippen LogP contribution in [0.4, 0.5) is 4.39 Å². The maximum Gasteiger partial charge on any atom is 0.124 e. The quantitative estimate of drug-likeness (QED) is 0.510. The molecule has 0 heterocycles. The largest absolute Gasteiger partial charge is 0.271 e. The fourth-order valence-electron chi connectivity index (χ4n) is 1.21. The molecule has 0 fully saturated rings. The fourth-order valence-corrected chi connectivity index (χ4v) is 2.06. The smallest absolute Gasteiger partial charge is 0.124 e. The second kappa shape index (κ2) is 4.88. The molecule has 1 rings (SSSR count). The minimum absolute atomic E-state index is 0.104. The molecular formula is C9H12FIN2. The van der Waals surface area contributed by atoms with Gasteiger partial charge in [0.15, 0.2) is 0 Å². The molecule has 0 saturated heterocycles. The summed E-state index contributed by atoms with van der Waals surface area (Å²) in [5, 5.41) is 0. The topological polar surface area (TPSA) is 38.0 Å². The molecule has 0 aliphatic rings. The summed E-state index contributed by atoms with van der Waals surface area (Å²) >= 11 is 2.11. The molecule has 0 spiro atoms. The summed E-state index contributed by atoms with van der Waals surface area (Å²) in [4.78, 5) is 0. The highest BCUT2D eigenvalue weighted by Crippen LogP contribution is 2.22. The highest BCUT2D eigenvalue weighted by Gasteiger charge is 2.10. The van der Waals surface area contributed by atoms with E-state index in [1.165, 1.54) is 12.1 Å². The van der Waals surface area contributed by atoms with Crippen molar-refractivity contribution in [1.82, 2.24) is 5.43 Å². The number of nitrogens with one attached hydrogen (secondary N) is 1. The first kappa shape index (κ1) is 10.9. The van der Waals surface area contributed by atoms with Crippen molar-refractivity contribution in [1.29, 1.82) is 0 Å². The minimum Gasteiger partial charge on any atom is -0.271 e. The molecule has 13 heavy (non-hydrogen) atoms. The molecule has 2 nitrogen and oxygen atoms in total. The van der Waals surface area contributed by atoms with Gasteiger partial charge in [0, 0.05) is 9.61 Å². The predicted octanol–water partition coefficient (Wildman–Crippen LogP) is 2.34. The van der Waals surface area contributed by atoms with E-state index in [0.29, 0.717) is 0 Å². The van der Waals surface area contributed by atoms with Gasteiger partial charge in [0.1, 0.15) is 5.82 Å². The van der Waals surface area contributed by atoms with E-state index < -0.39 is 0 Å². The van der Waals surface area contributed by atoms with Crippen LogP contribution in [0.3, 0.4) is 0 Å². The van der Waals surface area contributed by atoms with Crippen molar-refractivity contribution in [2.75, 3.05) is 0 Å². The Hall–Kier alpha value is -0.200. The van der Waals surface area contributed by atoms with Gasteiger partial charge in [-0.2, -0.15) is 0 Å². The minimum atomic E-state index is -0.208. The van der Waals surface area contributed by atoms with E-state index in [1.54, 1.807) is 6.07 Å². The molecule has 0 aliphatic heterocycles. The summed E-state index contributed by atoms with van der Waals surface area (Å²) < 4.78 is 13.7. The van der Waals surface area contributed by atoms with Crippen LogP contribution in [0.5, 0.6) is 0 Å². The van der Waals surface area contributed by atoms with E-state index >= 15 is 0 Å². The molecule has 1 aromatic rings. The summed E-state index contributed by atoms with van der Waals surface area (Å²) in [6.45, 7) is 2.03. The third kappa shape index (κ3) is 2.62. The van der Waals surface area contributed by atoms with Crippen LogP contribution in [0.15, 0.2) is 18.2 Å². The van der Waals surface area contributed by atoms with Crippen LogP contribution >= 0.6 is 22.6 Å². The van der Waals surface area contributed by atoms with Crippen LogP contribution in [0.25, 0.3) is 0 Å². The summed E-state index contributed by atoms with van der Waals surface area (Å²) in [5.74, 6) is 5.17. The number of hydrogen-bond acceptors (Lipinski definition) is 2. The lowest BCUT2D eigenvalue weighted by Crippen LogP contribution is -2.28. The van der Waals surface area contributed by atoms with Gasteiger partial charge in [-0.1, -0.05) is 13.0 Å². The zero-order valence-electron chi connectivity index (χ0n) is 7.35. The molecule has 1 atom stereocenters. The third-order valence-corrected chi connectivity index (χ3v) is 2.88. The van der Waals surface area contributed by atoms with Crippen LogP contribution < -0.4 is 11.3 Å². The fraction of sp³-hybridized carbons (Fsp3) is 0.333. The average molecular weight is 294 g/mol. The Morgan fingerprint density at radius 1 is 1.62 bits per heavy atom. The van der Waals surface area contributed by atoms with E-state index in [9.17, 15) is 4.39 Å². The van der Waals surface area contributed by atoms with Gasteiger partial charge in [-0.05, 0) is 46.7 Å². The molecule has 0 saturated carbocycles. The molecule has 0 radical (unpaired) electrons. The summed E-state index contributed by atoms with van der Waals surface area (Å²) in [6, 6.07) is 4.84. The lowest BCUT2D eigenvalue weighted by molar-refractivity contribution is 0.534. The van der Waals surface area contributed by atoms with Crippen molar-refractivity contribution in [2.45, 2.75) is 19.4 Å². The highest BCUT2D eigenvalue weighted by molar-refractivity contribution is 14.1. The number of nitrogens with two attached hydrogens (primary N) is 1. The Morgan fingerprint density at radius 2 is 2.31 bits per heavy atom. The van der Waals surface area contributed by atoms with Gasteiger partial charge in [-0.25, -0.2) is 4.39 Å². The first-order valence-corrected chi connectivity index (χ1v) is 5.18. The van der Waals surface area contributed by atoms with Crippen LogP contribution in [-0.2, 0) is 0 Å². The SMILES string of the molecule is CCC(NN)c1ccc(F)cc1I. The summed E-state index contributed by atoms with van der Waals surface area (Å²) in [6.07, 6.45) is 0.887. The Morgan fingerprint density at radius 3 is 2.77 bits per heavy atom. The van der Waals surface area contributed by atoms with E-state index in [4.69, 9.17) is 5.84 Å². The van der Waals surface area contributed by atoms with Crippen molar-refractivity contribution in [3.63, 3.8) is 0 Å². The molecule has 4 heteroatoms.